The topological polar surface area (TPSA) is 25.2 Å². The highest BCUT2D eigenvalue weighted by atomic mass is 32.2. The van der Waals surface area contributed by atoms with E-state index in [9.17, 15) is 0 Å². The monoisotopic (exact) mass is 200 g/mol. The zero-order chi connectivity index (χ0) is 9.38. The molecule has 0 radical (unpaired) electrons. The smallest absolute Gasteiger partial charge is 0.107 e. The molecule has 0 N–H and O–H groups in total. The van der Waals surface area contributed by atoms with E-state index in [0.29, 0.717) is 0 Å². The lowest BCUT2D eigenvalue weighted by molar-refractivity contribution is 1.13. The standard InChI is InChI=1S/C11H8N2S/c1-2-4-9-8(3-1)5-13-11-10(9)6-12-7-14-11/h1-6H,7H2. The van der Waals surface area contributed by atoms with E-state index in [2.05, 4.69) is 28.2 Å². The highest BCUT2D eigenvalue weighted by molar-refractivity contribution is 7.99. The minimum atomic E-state index is 0.790. The Morgan fingerprint density at radius 1 is 1.21 bits per heavy atom. The lowest BCUT2D eigenvalue weighted by Crippen LogP contribution is -1.97. The summed E-state index contributed by atoms with van der Waals surface area (Å²) in [5.74, 6) is 0.790. The molecule has 68 valence electrons. The van der Waals surface area contributed by atoms with Crippen molar-refractivity contribution in [2.45, 2.75) is 5.03 Å². The van der Waals surface area contributed by atoms with Gasteiger partial charge in [-0.1, -0.05) is 36.0 Å². The Hall–Kier alpha value is -1.35. The van der Waals surface area contributed by atoms with Crippen LogP contribution in [0.25, 0.3) is 10.8 Å². The van der Waals surface area contributed by atoms with Crippen LogP contribution in [-0.4, -0.2) is 17.1 Å². The van der Waals surface area contributed by atoms with E-state index in [-0.39, 0.29) is 0 Å². The maximum Gasteiger partial charge on any atom is 0.107 e. The number of rotatable bonds is 0. The van der Waals surface area contributed by atoms with Gasteiger partial charge in [-0.25, -0.2) is 4.98 Å². The van der Waals surface area contributed by atoms with Gasteiger partial charge >= 0.3 is 0 Å². The van der Waals surface area contributed by atoms with Crippen molar-refractivity contribution in [1.82, 2.24) is 4.98 Å². The fourth-order valence-corrected chi connectivity index (χ4v) is 2.35. The normalized spacial score (nSPS) is 14.3. The molecule has 3 heteroatoms. The van der Waals surface area contributed by atoms with Crippen LogP contribution < -0.4 is 0 Å². The van der Waals surface area contributed by atoms with Crippen molar-refractivity contribution in [3.05, 3.63) is 36.0 Å². The number of aromatic nitrogens is 1. The predicted octanol–water partition coefficient (Wildman–Crippen LogP) is 2.72. The highest BCUT2D eigenvalue weighted by Crippen LogP contribution is 2.28. The Labute approximate surface area is 86.1 Å². The van der Waals surface area contributed by atoms with Crippen LogP contribution in [0, 0.1) is 0 Å². The number of nitrogens with zero attached hydrogens (tertiary/aromatic N) is 2. The first-order valence-electron chi connectivity index (χ1n) is 4.45. The first kappa shape index (κ1) is 8.00. The lowest BCUT2D eigenvalue weighted by Gasteiger charge is -2.10. The number of thioether (sulfide) groups is 1. The predicted molar refractivity (Wildman–Crippen MR) is 60.1 cm³/mol. The van der Waals surface area contributed by atoms with Gasteiger partial charge in [0.05, 0.1) is 5.88 Å². The van der Waals surface area contributed by atoms with Crippen LogP contribution in [-0.2, 0) is 0 Å². The van der Waals surface area contributed by atoms with Crippen molar-refractivity contribution in [3.63, 3.8) is 0 Å². The largest absolute Gasteiger partial charge is 0.281 e. The Morgan fingerprint density at radius 3 is 3.14 bits per heavy atom. The van der Waals surface area contributed by atoms with Crippen LogP contribution in [0.1, 0.15) is 5.56 Å². The zero-order valence-electron chi connectivity index (χ0n) is 7.47. The molecular weight excluding hydrogens is 192 g/mol. The number of pyridine rings is 1. The summed E-state index contributed by atoms with van der Waals surface area (Å²) in [6.07, 6.45) is 3.86. The molecule has 0 atom stereocenters. The second-order valence-corrected chi connectivity index (χ2v) is 4.08. The quantitative estimate of drug-likeness (QED) is 0.653. The molecule has 2 nitrogen and oxygen atoms in total. The van der Waals surface area contributed by atoms with Crippen molar-refractivity contribution in [1.29, 1.82) is 0 Å². The molecule has 0 fully saturated rings. The molecule has 0 unspecified atom stereocenters. The van der Waals surface area contributed by atoms with E-state index in [4.69, 9.17) is 0 Å². The van der Waals surface area contributed by atoms with E-state index < -0.39 is 0 Å². The maximum atomic E-state index is 4.42. The molecule has 0 saturated heterocycles. The van der Waals surface area contributed by atoms with Crippen molar-refractivity contribution in [2.75, 3.05) is 5.88 Å². The highest BCUT2D eigenvalue weighted by Gasteiger charge is 2.10. The van der Waals surface area contributed by atoms with Gasteiger partial charge in [0, 0.05) is 23.4 Å². The summed E-state index contributed by atoms with van der Waals surface area (Å²) in [6, 6.07) is 8.28. The molecule has 14 heavy (non-hydrogen) atoms. The van der Waals surface area contributed by atoms with E-state index in [1.165, 1.54) is 16.3 Å². The number of hydrogen-bond acceptors (Lipinski definition) is 3. The van der Waals surface area contributed by atoms with Crippen LogP contribution >= 0.6 is 11.8 Å². The number of hydrogen-bond donors (Lipinski definition) is 0. The molecule has 2 aromatic rings. The van der Waals surface area contributed by atoms with E-state index >= 15 is 0 Å². The summed E-state index contributed by atoms with van der Waals surface area (Å²) >= 11 is 1.69. The van der Waals surface area contributed by atoms with Crippen LogP contribution in [0.3, 0.4) is 0 Å². The van der Waals surface area contributed by atoms with Gasteiger partial charge in [0.1, 0.15) is 5.03 Å². The fraction of sp³-hybridized carbons (Fsp3) is 0.0909. The Kier molecular flexibility index (Phi) is 1.77. The molecule has 0 spiro atoms. The van der Waals surface area contributed by atoms with Crippen molar-refractivity contribution < 1.29 is 0 Å². The minimum absolute atomic E-state index is 0.790. The van der Waals surface area contributed by atoms with Gasteiger partial charge < -0.3 is 0 Å². The van der Waals surface area contributed by atoms with Crippen molar-refractivity contribution in [3.8, 4) is 0 Å². The average molecular weight is 200 g/mol. The third-order valence-electron chi connectivity index (χ3n) is 2.30. The maximum absolute atomic E-state index is 4.42. The van der Waals surface area contributed by atoms with Gasteiger partial charge in [-0.2, -0.15) is 0 Å². The molecule has 0 aliphatic carbocycles. The molecule has 1 aliphatic heterocycles. The lowest BCUT2D eigenvalue weighted by atomic mass is 10.1. The molecule has 1 aromatic carbocycles. The number of aliphatic imine (C=N–C) groups is 1. The zero-order valence-corrected chi connectivity index (χ0v) is 8.29. The summed E-state index contributed by atoms with van der Waals surface area (Å²) in [6.45, 7) is 0. The van der Waals surface area contributed by atoms with Gasteiger partial charge in [0.2, 0.25) is 0 Å². The van der Waals surface area contributed by atoms with Crippen molar-refractivity contribution >= 4 is 28.7 Å². The van der Waals surface area contributed by atoms with Crippen molar-refractivity contribution in [2.24, 2.45) is 4.99 Å². The summed E-state index contributed by atoms with van der Waals surface area (Å²) in [5, 5.41) is 3.52. The molecule has 1 aliphatic rings. The average Bonchev–Trinajstić information content (AvgIpc) is 2.29. The number of fused-ring (bicyclic) bond motifs is 3. The summed E-state index contributed by atoms with van der Waals surface area (Å²) in [5.41, 5.74) is 1.17. The second kappa shape index (κ2) is 3.10. The van der Waals surface area contributed by atoms with E-state index in [0.717, 1.165) is 10.9 Å². The summed E-state index contributed by atoms with van der Waals surface area (Å²) < 4.78 is 0. The SMILES string of the molecule is C1=NCSc2ncc3ccccc3c21. The third kappa shape index (κ3) is 1.13. The summed E-state index contributed by atoms with van der Waals surface area (Å²) in [4.78, 5) is 8.69. The molecule has 3 rings (SSSR count). The Morgan fingerprint density at radius 2 is 2.14 bits per heavy atom. The molecule has 0 saturated carbocycles. The third-order valence-corrected chi connectivity index (χ3v) is 3.18. The Bertz CT molecular complexity index is 520. The first-order chi connectivity index (χ1) is 6.95. The van der Waals surface area contributed by atoms with Crippen LogP contribution in [0.4, 0.5) is 0 Å². The van der Waals surface area contributed by atoms with Crippen LogP contribution in [0.5, 0.6) is 0 Å². The van der Waals surface area contributed by atoms with Gasteiger partial charge in [-0.05, 0) is 5.39 Å². The minimum Gasteiger partial charge on any atom is -0.281 e. The molecular formula is C11H8N2S. The fourth-order valence-electron chi connectivity index (χ4n) is 1.63. The van der Waals surface area contributed by atoms with Gasteiger partial charge in [-0.3, -0.25) is 4.99 Å². The molecule has 1 aromatic heterocycles. The second-order valence-electron chi connectivity index (χ2n) is 3.15. The molecule has 2 heterocycles. The Balaban J connectivity index is 2.42. The van der Waals surface area contributed by atoms with Crippen LogP contribution in [0.2, 0.25) is 0 Å². The first-order valence-corrected chi connectivity index (χ1v) is 5.44. The molecule has 0 bridgehead atoms. The molecule has 0 amide bonds. The number of benzene rings is 1. The van der Waals surface area contributed by atoms with E-state index in [1.807, 2.05) is 18.5 Å². The van der Waals surface area contributed by atoms with Gasteiger partial charge in [0.25, 0.3) is 0 Å². The van der Waals surface area contributed by atoms with Gasteiger partial charge in [-0.15, -0.1) is 0 Å². The summed E-state index contributed by atoms with van der Waals surface area (Å²) in [7, 11) is 0. The van der Waals surface area contributed by atoms with E-state index in [1.54, 1.807) is 11.8 Å². The van der Waals surface area contributed by atoms with Gasteiger partial charge in [0.15, 0.2) is 0 Å². The van der Waals surface area contributed by atoms with Crippen LogP contribution in [0.15, 0.2) is 40.5 Å².